The average molecular weight is 599 g/mol. The SMILES string of the molecule is Cc1nn2ccc(OCCN3CCN(S(C)(=O)=O)CC3)cc2c1-c1nc(-c2c(O)cccc2F)c(-c2nc[nH]n2)s1. The van der Waals surface area contributed by atoms with Crippen molar-refractivity contribution in [2.24, 2.45) is 0 Å². The van der Waals surface area contributed by atoms with E-state index >= 15 is 0 Å². The zero-order valence-corrected chi connectivity index (χ0v) is 23.9. The van der Waals surface area contributed by atoms with Crippen LogP contribution in [0, 0.1) is 12.7 Å². The van der Waals surface area contributed by atoms with E-state index in [2.05, 4.69) is 25.2 Å². The third-order valence-corrected chi connectivity index (χ3v) is 9.32. The maximum atomic E-state index is 14.9. The molecule has 0 amide bonds. The summed E-state index contributed by atoms with van der Waals surface area (Å²) in [6.07, 6.45) is 4.47. The van der Waals surface area contributed by atoms with Gasteiger partial charge in [-0.15, -0.1) is 11.3 Å². The zero-order valence-electron chi connectivity index (χ0n) is 22.3. The van der Waals surface area contributed by atoms with Crippen LogP contribution in [0.3, 0.4) is 0 Å². The monoisotopic (exact) mass is 598 g/mol. The summed E-state index contributed by atoms with van der Waals surface area (Å²) in [7, 11) is -3.17. The van der Waals surface area contributed by atoms with Crippen molar-refractivity contribution < 1.29 is 22.7 Å². The summed E-state index contributed by atoms with van der Waals surface area (Å²) < 4.78 is 47.7. The lowest BCUT2D eigenvalue weighted by molar-refractivity contribution is 0.159. The van der Waals surface area contributed by atoms with Crippen LogP contribution in [0.25, 0.3) is 38.0 Å². The maximum absolute atomic E-state index is 14.9. The van der Waals surface area contributed by atoms with Gasteiger partial charge in [-0.2, -0.15) is 14.5 Å². The fraction of sp³-hybridized carbons (Fsp3) is 0.308. The quantitative estimate of drug-likeness (QED) is 0.276. The first-order chi connectivity index (χ1) is 19.7. The molecule has 5 aromatic rings. The molecule has 214 valence electrons. The van der Waals surface area contributed by atoms with Crippen molar-refractivity contribution in [1.29, 1.82) is 0 Å². The van der Waals surface area contributed by atoms with Crippen molar-refractivity contribution in [3.8, 4) is 44.0 Å². The number of phenols is 1. The number of aromatic nitrogens is 6. The average Bonchev–Trinajstić information content (AvgIpc) is 3.67. The standard InChI is InChI=1S/C26H27FN8O4S2/c1-16-21(26-30-23(22-18(27)4-3-5-20(22)36)24(40-26)25-28-15-29-31-25)19-14-17(6-7-35(19)32-16)39-13-12-33-8-10-34(11-9-33)41(2,37)38/h3-7,14-15,36H,8-13H2,1-2H3,(H,28,29,31). The number of ether oxygens (including phenoxy) is 1. The van der Waals surface area contributed by atoms with E-state index in [9.17, 15) is 17.9 Å². The number of aromatic amines is 1. The summed E-state index contributed by atoms with van der Waals surface area (Å²) in [6.45, 7) is 5.21. The minimum Gasteiger partial charge on any atom is -0.507 e. The molecule has 12 nitrogen and oxygen atoms in total. The number of H-pyrrole nitrogens is 1. The fourth-order valence-electron chi connectivity index (χ4n) is 4.89. The minimum absolute atomic E-state index is 0.0229. The second-order valence-electron chi connectivity index (χ2n) is 9.66. The first-order valence-electron chi connectivity index (χ1n) is 12.8. The van der Waals surface area contributed by atoms with Gasteiger partial charge in [-0.3, -0.25) is 10.00 Å². The Kier molecular flexibility index (Phi) is 7.19. The Labute approximate surface area is 239 Å². The van der Waals surface area contributed by atoms with Gasteiger partial charge in [0.15, 0.2) is 5.82 Å². The molecule has 0 bridgehead atoms. The number of benzene rings is 1. The number of phenolic OH excluding ortho intramolecular Hbond substituents is 1. The van der Waals surface area contributed by atoms with E-state index in [-0.39, 0.29) is 17.0 Å². The van der Waals surface area contributed by atoms with Crippen molar-refractivity contribution in [2.75, 3.05) is 45.6 Å². The highest BCUT2D eigenvalue weighted by Crippen LogP contribution is 2.44. The van der Waals surface area contributed by atoms with Gasteiger partial charge >= 0.3 is 0 Å². The lowest BCUT2D eigenvalue weighted by Gasteiger charge is -2.33. The largest absolute Gasteiger partial charge is 0.507 e. The maximum Gasteiger partial charge on any atom is 0.211 e. The minimum atomic E-state index is -3.17. The van der Waals surface area contributed by atoms with E-state index in [0.29, 0.717) is 66.5 Å². The van der Waals surface area contributed by atoms with Gasteiger partial charge in [-0.25, -0.2) is 27.3 Å². The van der Waals surface area contributed by atoms with Crippen LogP contribution in [-0.2, 0) is 10.0 Å². The molecule has 1 aliphatic heterocycles. The molecule has 0 atom stereocenters. The number of nitrogens with zero attached hydrogens (tertiary/aromatic N) is 7. The smallest absolute Gasteiger partial charge is 0.211 e. The molecule has 0 aliphatic carbocycles. The van der Waals surface area contributed by atoms with E-state index in [0.717, 1.165) is 11.1 Å². The Morgan fingerprint density at radius 1 is 1.17 bits per heavy atom. The number of fused-ring (bicyclic) bond motifs is 1. The Bertz CT molecular complexity index is 1790. The molecule has 15 heteroatoms. The number of thiazole rings is 1. The van der Waals surface area contributed by atoms with Crippen LogP contribution in [0.1, 0.15) is 5.69 Å². The lowest BCUT2D eigenvalue weighted by atomic mass is 10.1. The molecule has 0 spiro atoms. The molecule has 5 heterocycles. The predicted molar refractivity (Wildman–Crippen MR) is 152 cm³/mol. The molecule has 4 aromatic heterocycles. The Morgan fingerprint density at radius 2 is 1.98 bits per heavy atom. The Morgan fingerprint density at radius 3 is 2.68 bits per heavy atom. The van der Waals surface area contributed by atoms with Gasteiger partial charge in [-0.1, -0.05) is 6.07 Å². The van der Waals surface area contributed by atoms with Crippen LogP contribution in [0.4, 0.5) is 4.39 Å². The van der Waals surface area contributed by atoms with Crippen molar-refractivity contribution in [3.63, 3.8) is 0 Å². The molecule has 1 fully saturated rings. The van der Waals surface area contributed by atoms with Gasteiger partial charge < -0.3 is 9.84 Å². The summed E-state index contributed by atoms with van der Waals surface area (Å²) in [5.74, 6) is 0.139. The van der Waals surface area contributed by atoms with Crippen LogP contribution in [0.15, 0.2) is 42.9 Å². The molecule has 6 rings (SSSR count). The fourth-order valence-corrected chi connectivity index (χ4v) is 6.83. The normalized spacial score (nSPS) is 15.1. The summed E-state index contributed by atoms with van der Waals surface area (Å²) >= 11 is 1.28. The predicted octanol–water partition coefficient (Wildman–Crippen LogP) is 3.02. The van der Waals surface area contributed by atoms with Crippen LogP contribution >= 0.6 is 11.3 Å². The van der Waals surface area contributed by atoms with Crippen molar-refractivity contribution >= 4 is 26.9 Å². The van der Waals surface area contributed by atoms with E-state index in [1.165, 1.54) is 46.4 Å². The van der Waals surface area contributed by atoms with Gasteiger partial charge in [0, 0.05) is 45.0 Å². The molecular weight excluding hydrogens is 571 g/mol. The molecular formula is C26H27FN8O4S2. The molecule has 41 heavy (non-hydrogen) atoms. The van der Waals surface area contributed by atoms with Crippen molar-refractivity contribution in [2.45, 2.75) is 6.92 Å². The Hall–Kier alpha value is -3.92. The number of aryl methyl sites for hydroxylation is 1. The molecule has 0 unspecified atom stereocenters. The molecule has 0 radical (unpaired) electrons. The van der Waals surface area contributed by atoms with Gasteiger partial charge in [0.1, 0.15) is 40.1 Å². The Balaban J connectivity index is 1.28. The summed E-state index contributed by atoms with van der Waals surface area (Å²) in [6, 6.07) is 7.82. The number of piperazine rings is 1. The number of sulfonamides is 1. The molecule has 0 saturated carbocycles. The van der Waals surface area contributed by atoms with Gasteiger partial charge in [0.05, 0.1) is 34.3 Å². The van der Waals surface area contributed by atoms with Crippen LogP contribution in [0.5, 0.6) is 11.5 Å². The van der Waals surface area contributed by atoms with E-state index in [1.807, 2.05) is 19.1 Å². The highest BCUT2D eigenvalue weighted by atomic mass is 32.2. The highest BCUT2D eigenvalue weighted by molar-refractivity contribution is 7.88. The number of aromatic hydroxyl groups is 1. The van der Waals surface area contributed by atoms with Crippen molar-refractivity contribution in [1.82, 2.24) is 39.0 Å². The third-order valence-electron chi connectivity index (χ3n) is 6.95. The topological polar surface area (TPSA) is 142 Å². The van der Waals surface area contributed by atoms with E-state index in [4.69, 9.17) is 9.72 Å². The number of rotatable bonds is 8. The summed E-state index contributed by atoms with van der Waals surface area (Å²) in [4.78, 5) is 11.7. The second kappa shape index (κ2) is 10.8. The van der Waals surface area contributed by atoms with Crippen LogP contribution in [-0.4, -0.2) is 98.1 Å². The van der Waals surface area contributed by atoms with Gasteiger partial charge in [-0.05, 0) is 25.1 Å². The first-order valence-corrected chi connectivity index (χ1v) is 15.5. The van der Waals surface area contributed by atoms with E-state index < -0.39 is 15.8 Å². The first kappa shape index (κ1) is 27.3. The number of pyridine rings is 1. The second-order valence-corrected chi connectivity index (χ2v) is 12.6. The third kappa shape index (κ3) is 5.40. The number of hydrogen-bond donors (Lipinski definition) is 2. The van der Waals surface area contributed by atoms with Gasteiger partial charge in [0.25, 0.3) is 0 Å². The van der Waals surface area contributed by atoms with Gasteiger partial charge in [0.2, 0.25) is 10.0 Å². The number of hydrogen-bond acceptors (Lipinski definition) is 10. The molecule has 1 aliphatic rings. The molecule has 1 aromatic carbocycles. The molecule has 1 saturated heterocycles. The van der Waals surface area contributed by atoms with Crippen LogP contribution < -0.4 is 4.74 Å². The van der Waals surface area contributed by atoms with Crippen LogP contribution in [0.2, 0.25) is 0 Å². The van der Waals surface area contributed by atoms with E-state index in [1.54, 1.807) is 10.7 Å². The number of nitrogens with one attached hydrogen (secondary N) is 1. The summed E-state index contributed by atoms with van der Waals surface area (Å²) in [5, 5.41) is 22.5. The summed E-state index contributed by atoms with van der Waals surface area (Å²) in [5.41, 5.74) is 2.43. The van der Waals surface area contributed by atoms with Crippen molar-refractivity contribution in [3.05, 3.63) is 54.4 Å². The lowest BCUT2D eigenvalue weighted by Crippen LogP contribution is -2.49. The zero-order chi connectivity index (χ0) is 28.7. The molecule has 2 N–H and O–H groups in total. The highest BCUT2D eigenvalue weighted by Gasteiger charge is 2.26. The number of halogens is 1.